The average molecular weight is 193 g/mol. The SMILES string of the molecule is COCC(N)C1CSCCS1. The molecule has 2 N–H and O–H groups in total. The Morgan fingerprint density at radius 3 is 3.00 bits per heavy atom. The first-order valence-electron chi connectivity index (χ1n) is 3.78. The molecule has 0 spiro atoms. The van der Waals surface area contributed by atoms with Crippen molar-refractivity contribution in [3.05, 3.63) is 0 Å². The fraction of sp³-hybridized carbons (Fsp3) is 1.00. The quantitative estimate of drug-likeness (QED) is 0.719. The molecule has 0 radical (unpaired) electrons. The minimum Gasteiger partial charge on any atom is -0.383 e. The van der Waals surface area contributed by atoms with Gasteiger partial charge in [0.15, 0.2) is 0 Å². The van der Waals surface area contributed by atoms with Gasteiger partial charge < -0.3 is 10.5 Å². The summed E-state index contributed by atoms with van der Waals surface area (Å²) in [6.07, 6.45) is 0. The number of hydrogen-bond donors (Lipinski definition) is 1. The maximum atomic E-state index is 5.90. The lowest BCUT2D eigenvalue weighted by molar-refractivity contribution is 0.180. The third-order valence-corrected chi connectivity index (χ3v) is 4.62. The maximum Gasteiger partial charge on any atom is 0.0624 e. The minimum atomic E-state index is 0.220. The Labute approximate surface area is 76.6 Å². The van der Waals surface area contributed by atoms with Crippen LogP contribution in [0.5, 0.6) is 0 Å². The van der Waals surface area contributed by atoms with Gasteiger partial charge in [-0.15, -0.1) is 0 Å². The highest BCUT2D eigenvalue weighted by molar-refractivity contribution is 8.06. The minimum absolute atomic E-state index is 0.220. The van der Waals surface area contributed by atoms with Crippen molar-refractivity contribution < 1.29 is 4.74 Å². The summed E-state index contributed by atoms with van der Waals surface area (Å²) < 4.78 is 5.01. The molecule has 66 valence electrons. The van der Waals surface area contributed by atoms with Gasteiger partial charge in [-0.3, -0.25) is 0 Å². The van der Waals surface area contributed by atoms with Crippen molar-refractivity contribution in [2.45, 2.75) is 11.3 Å². The van der Waals surface area contributed by atoms with Crippen LogP contribution in [0.1, 0.15) is 0 Å². The van der Waals surface area contributed by atoms with Crippen LogP contribution in [0.4, 0.5) is 0 Å². The number of methoxy groups -OCH3 is 1. The molecule has 11 heavy (non-hydrogen) atoms. The predicted octanol–water partition coefficient (Wildman–Crippen LogP) is 0.809. The molecule has 0 saturated carbocycles. The summed E-state index contributed by atoms with van der Waals surface area (Å²) in [4.78, 5) is 0. The molecule has 0 aromatic heterocycles. The van der Waals surface area contributed by atoms with E-state index in [4.69, 9.17) is 10.5 Å². The number of nitrogens with two attached hydrogens (primary N) is 1. The Morgan fingerprint density at radius 2 is 2.45 bits per heavy atom. The van der Waals surface area contributed by atoms with Gasteiger partial charge in [-0.05, 0) is 0 Å². The summed E-state index contributed by atoms with van der Waals surface area (Å²) in [5.41, 5.74) is 5.90. The summed E-state index contributed by atoms with van der Waals surface area (Å²) in [6.45, 7) is 0.693. The van der Waals surface area contributed by atoms with E-state index in [0.717, 1.165) is 0 Å². The summed E-state index contributed by atoms with van der Waals surface area (Å²) in [7, 11) is 1.71. The molecule has 4 heteroatoms. The molecule has 0 amide bonds. The molecule has 1 saturated heterocycles. The van der Waals surface area contributed by atoms with E-state index in [2.05, 4.69) is 0 Å². The highest BCUT2D eigenvalue weighted by Crippen LogP contribution is 2.25. The van der Waals surface area contributed by atoms with Gasteiger partial charge in [0.05, 0.1) is 6.61 Å². The second-order valence-electron chi connectivity index (χ2n) is 2.60. The molecule has 1 heterocycles. The predicted molar refractivity (Wildman–Crippen MR) is 53.4 cm³/mol. The van der Waals surface area contributed by atoms with Gasteiger partial charge >= 0.3 is 0 Å². The molecule has 1 aliphatic rings. The van der Waals surface area contributed by atoms with Crippen LogP contribution in [0.25, 0.3) is 0 Å². The Morgan fingerprint density at radius 1 is 1.64 bits per heavy atom. The molecule has 1 aliphatic heterocycles. The summed E-state index contributed by atoms with van der Waals surface area (Å²) >= 11 is 3.99. The fourth-order valence-electron chi connectivity index (χ4n) is 1.05. The molecule has 1 rings (SSSR count). The zero-order chi connectivity index (χ0) is 8.10. The summed E-state index contributed by atoms with van der Waals surface area (Å²) in [5, 5.41) is 0.605. The highest BCUT2D eigenvalue weighted by Gasteiger charge is 2.20. The zero-order valence-corrected chi connectivity index (χ0v) is 8.42. The zero-order valence-electron chi connectivity index (χ0n) is 6.79. The van der Waals surface area contributed by atoms with Gasteiger partial charge in [0, 0.05) is 35.7 Å². The van der Waals surface area contributed by atoms with E-state index in [1.165, 1.54) is 17.3 Å². The molecule has 2 atom stereocenters. The van der Waals surface area contributed by atoms with Crippen LogP contribution in [-0.4, -0.2) is 42.3 Å². The van der Waals surface area contributed by atoms with Crippen molar-refractivity contribution in [1.82, 2.24) is 0 Å². The molecule has 0 aliphatic carbocycles. The molecular formula is C7H15NOS2. The normalized spacial score (nSPS) is 28.4. The van der Waals surface area contributed by atoms with Crippen molar-refractivity contribution >= 4 is 23.5 Å². The van der Waals surface area contributed by atoms with Gasteiger partial charge in [-0.25, -0.2) is 0 Å². The van der Waals surface area contributed by atoms with Crippen LogP contribution in [-0.2, 0) is 4.74 Å². The largest absolute Gasteiger partial charge is 0.383 e. The molecule has 0 aromatic rings. The molecule has 0 aromatic carbocycles. The molecule has 2 nitrogen and oxygen atoms in total. The van der Waals surface area contributed by atoms with Gasteiger partial charge in [0.2, 0.25) is 0 Å². The number of hydrogen-bond acceptors (Lipinski definition) is 4. The summed E-state index contributed by atoms with van der Waals surface area (Å²) in [5.74, 6) is 3.71. The van der Waals surface area contributed by atoms with E-state index < -0.39 is 0 Å². The van der Waals surface area contributed by atoms with E-state index in [1.807, 2.05) is 23.5 Å². The van der Waals surface area contributed by atoms with E-state index >= 15 is 0 Å². The van der Waals surface area contributed by atoms with Crippen molar-refractivity contribution in [3.8, 4) is 0 Å². The third kappa shape index (κ3) is 3.23. The first kappa shape index (κ1) is 9.71. The monoisotopic (exact) mass is 193 g/mol. The van der Waals surface area contributed by atoms with E-state index in [0.29, 0.717) is 11.9 Å². The first-order valence-corrected chi connectivity index (χ1v) is 5.99. The molecule has 2 unspecified atom stereocenters. The molecular weight excluding hydrogens is 178 g/mol. The van der Waals surface area contributed by atoms with Crippen LogP contribution in [0, 0.1) is 0 Å². The Kier molecular flexibility index (Phi) is 4.67. The first-order chi connectivity index (χ1) is 5.34. The van der Waals surface area contributed by atoms with E-state index in [9.17, 15) is 0 Å². The smallest absolute Gasteiger partial charge is 0.0624 e. The lowest BCUT2D eigenvalue weighted by Gasteiger charge is -2.25. The van der Waals surface area contributed by atoms with Gasteiger partial charge in [0.1, 0.15) is 0 Å². The van der Waals surface area contributed by atoms with Crippen LogP contribution in [0.2, 0.25) is 0 Å². The fourth-order valence-corrected chi connectivity index (χ4v) is 3.86. The Hall–Kier alpha value is 0.620. The average Bonchev–Trinajstić information content (AvgIpc) is 2.07. The number of ether oxygens (including phenoxy) is 1. The van der Waals surface area contributed by atoms with Crippen LogP contribution >= 0.6 is 23.5 Å². The standard InChI is InChI=1S/C7H15NOS2/c1-9-4-6(8)7-5-10-2-3-11-7/h6-7H,2-5,8H2,1H3. The lowest BCUT2D eigenvalue weighted by Crippen LogP contribution is -2.39. The van der Waals surface area contributed by atoms with Crippen LogP contribution in [0.15, 0.2) is 0 Å². The van der Waals surface area contributed by atoms with Gasteiger partial charge in [-0.1, -0.05) is 0 Å². The number of rotatable bonds is 3. The molecule has 0 bridgehead atoms. The topological polar surface area (TPSA) is 35.2 Å². The molecule has 1 fully saturated rings. The second kappa shape index (κ2) is 5.30. The van der Waals surface area contributed by atoms with Crippen LogP contribution in [0.3, 0.4) is 0 Å². The number of thioether (sulfide) groups is 2. The van der Waals surface area contributed by atoms with Crippen molar-refractivity contribution in [1.29, 1.82) is 0 Å². The van der Waals surface area contributed by atoms with Crippen molar-refractivity contribution in [2.24, 2.45) is 5.73 Å². The van der Waals surface area contributed by atoms with Crippen molar-refractivity contribution in [3.63, 3.8) is 0 Å². The third-order valence-electron chi connectivity index (χ3n) is 1.68. The Balaban J connectivity index is 2.21. The lowest BCUT2D eigenvalue weighted by atomic mass is 10.2. The summed E-state index contributed by atoms with van der Waals surface area (Å²) in [6, 6.07) is 0.220. The van der Waals surface area contributed by atoms with E-state index in [1.54, 1.807) is 7.11 Å². The van der Waals surface area contributed by atoms with Crippen LogP contribution < -0.4 is 5.73 Å². The second-order valence-corrected chi connectivity index (χ2v) is 5.10. The van der Waals surface area contributed by atoms with Crippen molar-refractivity contribution in [2.75, 3.05) is 31.0 Å². The van der Waals surface area contributed by atoms with E-state index in [-0.39, 0.29) is 6.04 Å². The van der Waals surface area contributed by atoms with Gasteiger partial charge in [0.25, 0.3) is 0 Å². The van der Waals surface area contributed by atoms with Gasteiger partial charge in [-0.2, -0.15) is 23.5 Å². The Bertz CT molecular complexity index is 107. The highest BCUT2D eigenvalue weighted by atomic mass is 32.2. The maximum absolute atomic E-state index is 5.90.